The highest BCUT2D eigenvalue weighted by Gasteiger charge is 2.28. The minimum atomic E-state index is -0.542. The van der Waals surface area contributed by atoms with Gasteiger partial charge in [0, 0.05) is 22.7 Å². The van der Waals surface area contributed by atoms with Gasteiger partial charge in [0.25, 0.3) is 0 Å². The van der Waals surface area contributed by atoms with Crippen LogP contribution in [0.2, 0.25) is 10.0 Å². The predicted molar refractivity (Wildman–Crippen MR) is 81.6 cm³/mol. The van der Waals surface area contributed by atoms with E-state index in [-0.39, 0.29) is 18.2 Å². The molecule has 21 heavy (non-hydrogen) atoms. The standard InChI is InChI=1S/C13H12Cl2N4O2/c1-7-10(13(21)19-17-7)5-12(20)18-16-6-8-2-3-9(14)4-11(8)15/h2-4,6,10H,5H2,1H3,(H,18,20)(H,19,21)/b16-6+. The minimum absolute atomic E-state index is 0.00709. The Morgan fingerprint density at radius 1 is 1.52 bits per heavy atom. The molecule has 0 saturated carbocycles. The highest BCUT2D eigenvalue weighted by Crippen LogP contribution is 2.19. The van der Waals surface area contributed by atoms with E-state index in [0.717, 1.165) is 0 Å². The fourth-order valence-corrected chi connectivity index (χ4v) is 2.20. The van der Waals surface area contributed by atoms with Gasteiger partial charge in [-0.15, -0.1) is 0 Å². The molecule has 1 unspecified atom stereocenters. The number of halogens is 2. The number of carbonyl (C=O) groups excluding carboxylic acids is 2. The number of carbonyl (C=O) groups is 2. The van der Waals surface area contributed by atoms with E-state index in [1.54, 1.807) is 25.1 Å². The van der Waals surface area contributed by atoms with Crippen LogP contribution in [0.3, 0.4) is 0 Å². The molecular formula is C13H12Cl2N4O2. The summed E-state index contributed by atoms with van der Waals surface area (Å²) in [6.45, 7) is 1.69. The summed E-state index contributed by atoms with van der Waals surface area (Å²) in [5.41, 5.74) is 5.87. The largest absolute Gasteiger partial charge is 0.273 e. The first kappa shape index (κ1) is 15.5. The molecular weight excluding hydrogens is 315 g/mol. The topological polar surface area (TPSA) is 82.9 Å². The van der Waals surface area contributed by atoms with Crippen molar-refractivity contribution in [2.75, 3.05) is 0 Å². The van der Waals surface area contributed by atoms with Crippen LogP contribution in [0.15, 0.2) is 28.4 Å². The maximum absolute atomic E-state index is 11.7. The van der Waals surface area contributed by atoms with Crippen molar-refractivity contribution >= 4 is 46.9 Å². The lowest BCUT2D eigenvalue weighted by atomic mass is 10.0. The number of nitrogens with zero attached hydrogens (tertiary/aromatic N) is 2. The molecule has 0 spiro atoms. The zero-order chi connectivity index (χ0) is 15.4. The normalized spacial score (nSPS) is 17.8. The molecule has 1 atom stereocenters. The van der Waals surface area contributed by atoms with Gasteiger partial charge in [-0.05, 0) is 19.1 Å². The summed E-state index contributed by atoms with van der Waals surface area (Å²) < 4.78 is 0. The summed E-state index contributed by atoms with van der Waals surface area (Å²) in [5.74, 6) is -1.21. The quantitative estimate of drug-likeness (QED) is 0.654. The van der Waals surface area contributed by atoms with Gasteiger partial charge in [0.15, 0.2) is 0 Å². The van der Waals surface area contributed by atoms with Crippen LogP contribution in [-0.4, -0.2) is 23.7 Å². The molecule has 0 fully saturated rings. The molecule has 2 amide bonds. The van der Waals surface area contributed by atoms with Gasteiger partial charge in [0.2, 0.25) is 11.8 Å². The summed E-state index contributed by atoms with van der Waals surface area (Å²) in [4.78, 5) is 23.1. The van der Waals surface area contributed by atoms with E-state index in [2.05, 4.69) is 21.1 Å². The molecule has 0 radical (unpaired) electrons. The number of benzene rings is 1. The molecule has 1 aliphatic heterocycles. The van der Waals surface area contributed by atoms with Gasteiger partial charge in [0.1, 0.15) is 0 Å². The van der Waals surface area contributed by atoms with Crippen molar-refractivity contribution in [2.24, 2.45) is 16.1 Å². The van der Waals surface area contributed by atoms with Crippen LogP contribution in [0, 0.1) is 5.92 Å². The van der Waals surface area contributed by atoms with Crippen LogP contribution in [0.4, 0.5) is 0 Å². The molecule has 0 saturated heterocycles. The van der Waals surface area contributed by atoms with Gasteiger partial charge in [-0.3, -0.25) is 9.59 Å². The number of nitrogens with one attached hydrogen (secondary N) is 2. The van der Waals surface area contributed by atoms with Crippen molar-refractivity contribution in [3.05, 3.63) is 33.8 Å². The maximum atomic E-state index is 11.7. The van der Waals surface area contributed by atoms with E-state index in [9.17, 15) is 9.59 Å². The van der Waals surface area contributed by atoms with Crippen molar-refractivity contribution in [2.45, 2.75) is 13.3 Å². The zero-order valence-corrected chi connectivity index (χ0v) is 12.6. The summed E-state index contributed by atoms with van der Waals surface area (Å²) in [7, 11) is 0. The lowest BCUT2D eigenvalue weighted by molar-refractivity contribution is -0.127. The van der Waals surface area contributed by atoms with Crippen LogP contribution in [0.5, 0.6) is 0 Å². The molecule has 2 N–H and O–H groups in total. The molecule has 1 aliphatic rings. The predicted octanol–water partition coefficient (Wildman–Crippen LogP) is 1.96. The van der Waals surface area contributed by atoms with Gasteiger partial charge < -0.3 is 0 Å². The lowest BCUT2D eigenvalue weighted by Crippen LogP contribution is -2.29. The molecule has 8 heteroatoms. The molecule has 1 aromatic carbocycles. The number of hydrogen-bond acceptors (Lipinski definition) is 4. The third kappa shape index (κ3) is 4.03. The van der Waals surface area contributed by atoms with E-state index < -0.39 is 5.92 Å². The molecule has 0 bridgehead atoms. The van der Waals surface area contributed by atoms with Crippen LogP contribution < -0.4 is 10.9 Å². The molecule has 1 aromatic rings. The monoisotopic (exact) mass is 326 g/mol. The molecule has 1 heterocycles. The van der Waals surface area contributed by atoms with E-state index in [0.29, 0.717) is 21.3 Å². The Morgan fingerprint density at radius 2 is 2.29 bits per heavy atom. The van der Waals surface area contributed by atoms with Crippen molar-refractivity contribution in [1.82, 2.24) is 10.9 Å². The minimum Gasteiger partial charge on any atom is -0.273 e. The van der Waals surface area contributed by atoms with Crippen molar-refractivity contribution in [3.63, 3.8) is 0 Å². The second-order valence-corrected chi connectivity index (χ2v) is 5.29. The zero-order valence-electron chi connectivity index (χ0n) is 11.1. The number of hydrogen-bond donors (Lipinski definition) is 2. The van der Waals surface area contributed by atoms with Crippen LogP contribution in [0.1, 0.15) is 18.9 Å². The molecule has 110 valence electrons. The third-order valence-electron chi connectivity index (χ3n) is 2.91. The Kier molecular flexibility index (Phi) is 4.93. The molecule has 2 rings (SSSR count). The molecule has 6 nitrogen and oxygen atoms in total. The Morgan fingerprint density at radius 3 is 2.90 bits per heavy atom. The van der Waals surface area contributed by atoms with E-state index in [1.165, 1.54) is 6.21 Å². The van der Waals surface area contributed by atoms with E-state index >= 15 is 0 Å². The van der Waals surface area contributed by atoms with Gasteiger partial charge in [-0.1, -0.05) is 29.3 Å². The Hall–Kier alpha value is -1.92. The van der Waals surface area contributed by atoms with Crippen LogP contribution >= 0.6 is 23.2 Å². The Labute approximate surface area is 131 Å². The highest BCUT2D eigenvalue weighted by molar-refractivity contribution is 6.36. The Bertz CT molecular complexity index is 643. The smallest absolute Gasteiger partial charge is 0.249 e. The van der Waals surface area contributed by atoms with Gasteiger partial charge in [0.05, 0.1) is 17.2 Å². The third-order valence-corrected chi connectivity index (χ3v) is 3.47. The lowest BCUT2D eigenvalue weighted by Gasteiger charge is -2.05. The Balaban J connectivity index is 1.90. The first-order chi connectivity index (χ1) is 9.97. The first-order valence-electron chi connectivity index (χ1n) is 6.08. The highest BCUT2D eigenvalue weighted by atomic mass is 35.5. The molecule has 0 aromatic heterocycles. The van der Waals surface area contributed by atoms with Gasteiger partial charge in [-0.2, -0.15) is 10.2 Å². The fraction of sp³-hybridized carbons (Fsp3) is 0.231. The number of rotatable bonds is 4. The summed E-state index contributed by atoms with van der Waals surface area (Å²) >= 11 is 11.7. The summed E-state index contributed by atoms with van der Waals surface area (Å²) in [5, 5.41) is 8.51. The second-order valence-electron chi connectivity index (χ2n) is 4.44. The summed E-state index contributed by atoms with van der Waals surface area (Å²) in [6, 6.07) is 4.93. The van der Waals surface area contributed by atoms with Gasteiger partial charge >= 0.3 is 0 Å². The first-order valence-corrected chi connectivity index (χ1v) is 6.84. The van der Waals surface area contributed by atoms with E-state index in [4.69, 9.17) is 23.2 Å². The number of amides is 2. The second kappa shape index (κ2) is 6.69. The molecule has 0 aliphatic carbocycles. The fourth-order valence-electron chi connectivity index (χ4n) is 1.74. The average molecular weight is 327 g/mol. The number of hydrazone groups is 2. The average Bonchev–Trinajstić information content (AvgIpc) is 2.73. The van der Waals surface area contributed by atoms with Crippen molar-refractivity contribution in [1.29, 1.82) is 0 Å². The van der Waals surface area contributed by atoms with Gasteiger partial charge in [-0.25, -0.2) is 10.9 Å². The SMILES string of the molecule is CC1=NNC(=O)C1CC(=O)N/N=C/c1ccc(Cl)cc1Cl. The summed E-state index contributed by atoms with van der Waals surface area (Å²) in [6.07, 6.45) is 1.40. The van der Waals surface area contributed by atoms with Crippen LogP contribution in [-0.2, 0) is 9.59 Å². The van der Waals surface area contributed by atoms with E-state index in [1.807, 2.05) is 0 Å². The van der Waals surface area contributed by atoms with Crippen molar-refractivity contribution < 1.29 is 9.59 Å². The van der Waals surface area contributed by atoms with Crippen LogP contribution in [0.25, 0.3) is 0 Å². The van der Waals surface area contributed by atoms with Crippen molar-refractivity contribution in [3.8, 4) is 0 Å². The maximum Gasteiger partial charge on any atom is 0.249 e.